The van der Waals surface area contributed by atoms with Crippen LogP contribution in [0, 0.1) is 17.3 Å². The molecule has 0 aromatic heterocycles. The van der Waals surface area contributed by atoms with Gasteiger partial charge in [0, 0.05) is 0 Å². The molecular formula is C23H22F4O3. The molecule has 1 aliphatic carbocycles. The van der Waals surface area contributed by atoms with Gasteiger partial charge >= 0.3 is 5.97 Å². The zero-order valence-electron chi connectivity index (χ0n) is 16.5. The number of hydrogen-bond acceptors (Lipinski definition) is 3. The summed E-state index contributed by atoms with van der Waals surface area (Å²) < 4.78 is 62.3. The van der Waals surface area contributed by atoms with Crippen molar-refractivity contribution in [2.75, 3.05) is 0 Å². The lowest BCUT2D eigenvalue weighted by molar-refractivity contribution is -0.147. The fraction of sp³-hybridized carbons (Fsp3) is 0.348. The molecule has 0 radical (unpaired) electrons. The Bertz CT molecular complexity index is 900. The van der Waals surface area contributed by atoms with Crippen molar-refractivity contribution < 1.29 is 31.8 Å². The zero-order chi connectivity index (χ0) is 21.9. The third-order valence-electron chi connectivity index (χ3n) is 5.30. The van der Waals surface area contributed by atoms with Crippen molar-refractivity contribution in [1.82, 2.24) is 0 Å². The van der Waals surface area contributed by atoms with Crippen LogP contribution in [0.25, 0.3) is 0 Å². The summed E-state index contributed by atoms with van der Waals surface area (Å²) >= 11 is 0. The second-order valence-corrected chi connectivity index (χ2v) is 7.76. The van der Waals surface area contributed by atoms with Crippen LogP contribution in [0.1, 0.15) is 19.4 Å². The average Bonchev–Trinajstić information content (AvgIpc) is 3.25. The summed E-state index contributed by atoms with van der Waals surface area (Å²) in [5, 5.41) is 0. The number of halogens is 4. The van der Waals surface area contributed by atoms with Crippen LogP contribution < -0.4 is 4.74 Å². The first kappa shape index (κ1) is 21.9. The van der Waals surface area contributed by atoms with Gasteiger partial charge in [-0.3, -0.25) is 4.79 Å². The van der Waals surface area contributed by atoms with Gasteiger partial charge in [-0.15, -0.1) is 0 Å². The van der Waals surface area contributed by atoms with E-state index in [0.29, 0.717) is 17.1 Å². The number of hydrogen-bond donors (Lipinski definition) is 0. The molecule has 30 heavy (non-hydrogen) atoms. The van der Waals surface area contributed by atoms with E-state index >= 15 is 0 Å². The van der Waals surface area contributed by atoms with Gasteiger partial charge in [-0.25, -0.2) is 17.6 Å². The number of carbonyl (C=O) groups is 1. The number of esters is 1. The first-order valence-electron chi connectivity index (χ1n) is 9.46. The maximum absolute atomic E-state index is 12.8. The number of para-hydroxylation sites is 1. The van der Waals surface area contributed by atoms with E-state index < -0.39 is 41.6 Å². The number of rotatable bonds is 8. The van der Waals surface area contributed by atoms with Crippen LogP contribution in [0.4, 0.5) is 17.6 Å². The molecule has 3 nitrogen and oxygen atoms in total. The fourth-order valence-electron chi connectivity index (χ4n) is 3.45. The third kappa shape index (κ3) is 5.01. The fourth-order valence-corrected chi connectivity index (χ4v) is 3.45. The van der Waals surface area contributed by atoms with Crippen LogP contribution in [0.3, 0.4) is 0 Å². The predicted molar refractivity (Wildman–Crippen MR) is 104 cm³/mol. The first-order valence-corrected chi connectivity index (χ1v) is 9.46. The monoisotopic (exact) mass is 422 g/mol. The van der Waals surface area contributed by atoms with Crippen LogP contribution in [0.2, 0.25) is 0 Å². The molecule has 160 valence electrons. The second-order valence-electron chi connectivity index (χ2n) is 7.76. The molecule has 1 saturated carbocycles. The van der Waals surface area contributed by atoms with E-state index in [4.69, 9.17) is 9.47 Å². The van der Waals surface area contributed by atoms with Crippen molar-refractivity contribution in [2.45, 2.75) is 33.3 Å². The van der Waals surface area contributed by atoms with Crippen molar-refractivity contribution in [3.63, 3.8) is 0 Å². The Morgan fingerprint density at radius 3 is 2.27 bits per heavy atom. The normalized spacial score (nSPS) is 19.5. The summed E-state index contributed by atoms with van der Waals surface area (Å²) in [6.07, 6.45) is -5.69. The molecule has 0 saturated heterocycles. The van der Waals surface area contributed by atoms with E-state index in [1.807, 2.05) is 30.3 Å². The molecule has 3 rings (SSSR count). The van der Waals surface area contributed by atoms with Gasteiger partial charge in [0.2, 0.25) is 0 Å². The van der Waals surface area contributed by atoms with Crippen molar-refractivity contribution in [1.29, 1.82) is 0 Å². The number of allylic oxidation sites excluding steroid dienone is 2. The van der Waals surface area contributed by atoms with Gasteiger partial charge < -0.3 is 9.47 Å². The van der Waals surface area contributed by atoms with E-state index in [9.17, 15) is 22.4 Å². The zero-order valence-corrected chi connectivity index (χ0v) is 16.5. The minimum absolute atomic E-state index is 0.0373. The molecule has 0 heterocycles. The van der Waals surface area contributed by atoms with E-state index in [2.05, 4.69) is 0 Å². The summed E-state index contributed by atoms with van der Waals surface area (Å²) in [6, 6.07) is 16.2. The smallest absolute Gasteiger partial charge is 0.310 e. The standard InChI is InChI=1S/C23H22F4O3/c1-23(2)18(12-17(20(24)25)21(26)27)19(23)22(28)29-13-14-7-6-10-16(11-14)30-15-8-4-3-5-9-15/h3-12,18-21H,13H2,1-2H3. The maximum Gasteiger partial charge on any atom is 0.310 e. The van der Waals surface area contributed by atoms with Gasteiger partial charge in [0.05, 0.1) is 11.5 Å². The van der Waals surface area contributed by atoms with Crippen molar-refractivity contribution in [2.24, 2.45) is 17.3 Å². The van der Waals surface area contributed by atoms with Crippen molar-refractivity contribution in [3.8, 4) is 11.5 Å². The first-order chi connectivity index (χ1) is 14.2. The summed E-state index contributed by atoms with van der Waals surface area (Å²) in [5.74, 6) is -0.821. The molecule has 2 unspecified atom stereocenters. The number of benzene rings is 2. The predicted octanol–water partition coefficient (Wildman–Crippen LogP) is 6.25. The molecule has 2 atom stereocenters. The molecule has 1 fully saturated rings. The SMILES string of the molecule is CC1(C)C(C=C(C(F)F)C(F)F)C1C(=O)OCc1cccc(Oc2ccccc2)c1. The number of ether oxygens (including phenoxy) is 2. The molecule has 2 aromatic carbocycles. The molecule has 7 heteroatoms. The van der Waals surface area contributed by atoms with E-state index in [1.165, 1.54) is 0 Å². The lowest BCUT2D eigenvalue weighted by atomic mass is 10.1. The lowest BCUT2D eigenvalue weighted by Gasteiger charge is -2.09. The van der Waals surface area contributed by atoms with E-state index in [1.54, 1.807) is 38.1 Å². The molecule has 0 aliphatic heterocycles. The summed E-state index contributed by atoms with van der Waals surface area (Å²) in [7, 11) is 0. The minimum Gasteiger partial charge on any atom is -0.461 e. The van der Waals surface area contributed by atoms with Crippen molar-refractivity contribution in [3.05, 3.63) is 71.8 Å². The van der Waals surface area contributed by atoms with Gasteiger partial charge in [-0.2, -0.15) is 0 Å². The number of carbonyl (C=O) groups excluding carboxylic acids is 1. The van der Waals surface area contributed by atoms with Crippen LogP contribution in [0.15, 0.2) is 66.2 Å². The van der Waals surface area contributed by atoms with Gasteiger partial charge in [-0.05, 0) is 41.2 Å². The Hall–Kier alpha value is -2.83. The molecular weight excluding hydrogens is 400 g/mol. The topological polar surface area (TPSA) is 35.5 Å². The Balaban J connectivity index is 1.62. The lowest BCUT2D eigenvalue weighted by Crippen LogP contribution is -2.11. The maximum atomic E-state index is 12.8. The minimum atomic E-state index is -3.26. The largest absolute Gasteiger partial charge is 0.461 e. The van der Waals surface area contributed by atoms with Gasteiger partial charge in [0.1, 0.15) is 18.1 Å². The Labute approximate surface area is 172 Å². The van der Waals surface area contributed by atoms with Gasteiger partial charge in [0.25, 0.3) is 12.9 Å². The Kier molecular flexibility index (Phi) is 6.48. The molecule has 2 aromatic rings. The van der Waals surface area contributed by atoms with Crippen molar-refractivity contribution >= 4 is 5.97 Å². The van der Waals surface area contributed by atoms with Crippen LogP contribution in [-0.2, 0) is 16.1 Å². The van der Waals surface area contributed by atoms with E-state index in [0.717, 1.165) is 6.08 Å². The van der Waals surface area contributed by atoms with Crippen LogP contribution >= 0.6 is 0 Å². The molecule has 0 amide bonds. The van der Waals surface area contributed by atoms with Crippen LogP contribution in [-0.4, -0.2) is 18.8 Å². The summed E-state index contributed by atoms with van der Waals surface area (Å²) in [4.78, 5) is 12.4. The Morgan fingerprint density at radius 1 is 1.00 bits per heavy atom. The highest BCUT2D eigenvalue weighted by atomic mass is 19.3. The second kappa shape index (κ2) is 8.90. The average molecular weight is 422 g/mol. The third-order valence-corrected chi connectivity index (χ3v) is 5.30. The molecule has 0 N–H and O–H groups in total. The summed E-state index contributed by atoms with van der Waals surface area (Å²) in [5.41, 5.74) is -1.28. The highest BCUT2D eigenvalue weighted by Gasteiger charge is 2.62. The quantitative estimate of drug-likeness (QED) is 0.287. The van der Waals surface area contributed by atoms with Gasteiger partial charge in [0.15, 0.2) is 0 Å². The summed E-state index contributed by atoms with van der Waals surface area (Å²) in [6.45, 7) is 3.30. The van der Waals surface area contributed by atoms with Crippen LogP contribution in [0.5, 0.6) is 11.5 Å². The Morgan fingerprint density at radius 2 is 1.63 bits per heavy atom. The highest BCUT2D eigenvalue weighted by molar-refractivity contribution is 5.78. The van der Waals surface area contributed by atoms with Gasteiger partial charge in [-0.1, -0.05) is 50.3 Å². The van der Waals surface area contributed by atoms with E-state index in [-0.39, 0.29) is 6.61 Å². The molecule has 0 bridgehead atoms. The highest BCUT2D eigenvalue weighted by Crippen LogP contribution is 2.60. The molecule has 0 spiro atoms. The number of alkyl halides is 4. The molecule has 1 aliphatic rings.